The molecular weight excluding hydrogens is 292 g/mol. The molecule has 0 saturated carbocycles. The fraction of sp³-hybridized carbons (Fsp3) is 0.500. The predicted molar refractivity (Wildman–Crippen MR) is 80.4 cm³/mol. The summed E-state index contributed by atoms with van der Waals surface area (Å²) in [6, 6.07) is 3.21. The Kier molecular flexibility index (Phi) is 7.45. The molecule has 0 aliphatic rings. The molecule has 116 valence electrons. The first kappa shape index (κ1) is 17.2. The van der Waals surface area contributed by atoms with Gasteiger partial charge in [-0.2, -0.15) is 0 Å². The number of carbonyl (C=O) groups excluding carboxylic acids is 2. The standard InChI is InChI=1S/C14H20N2O4S/c1-2-10(9-13(18)19)16-12(17)6-3-7-15-14(20)11-5-4-8-21-11/h4-5,8,10H,2-3,6-7,9H2,1H3,(H,15,20)(H,16,17)(H,18,19). The number of hydrogen-bond donors (Lipinski definition) is 3. The second-order valence-corrected chi connectivity index (χ2v) is 5.55. The van der Waals surface area contributed by atoms with E-state index in [9.17, 15) is 14.4 Å². The van der Waals surface area contributed by atoms with Crippen LogP contribution in [0.5, 0.6) is 0 Å². The van der Waals surface area contributed by atoms with Crippen molar-refractivity contribution in [3.05, 3.63) is 22.4 Å². The Morgan fingerprint density at radius 1 is 1.38 bits per heavy atom. The maximum Gasteiger partial charge on any atom is 0.305 e. The Bertz CT molecular complexity index is 473. The molecule has 3 N–H and O–H groups in total. The minimum atomic E-state index is -0.926. The van der Waals surface area contributed by atoms with Gasteiger partial charge in [0.05, 0.1) is 11.3 Å². The molecule has 21 heavy (non-hydrogen) atoms. The summed E-state index contributed by atoms with van der Waals surface area (Å²) < 4.78 is 0. The number of thiophene rings is 1. The highest BCUT2D eigenvalue weighted by molar-refractivity contribution is 7.12. The number of aliphatic carboxylic acids is 1. The van der Waals surface area contributed by atoms with E-state index in [2.05, 4.69) is 10.6 Å². The minimum Gasteiger partial charge on any atom is -0.481 e. The van der Waals surface area contributed by atoms with Gasteiger partial charge in [0.25, 0.3) is 5.91 Å². The highest BCUT2D eigenvalue weighted by Crippen LogP contribution is 2.07. The molecule has 1 atom stereocenters. The number of carbonyl (C=O) groups is 3. The zero-order valence-corrected chi connectivity index (χ0v) is 12.7. The van der Waals surface area contributed by atoms with Gasteiger partial charge in [0, 0.05) is 19.0 Å². The van der Waals surface area contributed by atoms with Gasteiger partial charge < -0.3 is 15.7 Å². The summed E-state index contributed by atoms with van der Waals surface area (Å²) in [6.45, 7) is 2.25. The van der Waals surface area contributed by atoms with Crippen molar-refractivity contribution in [1.29, 1.82) is 0 Å². The van der Waals surface area contributed by atoms with E-state index in [1.54, 1.807) is 12.1 Å². The summed E-state index contributed by atoms with van der Waals surface area (Å²) in [7, 11) is 0. The Morgan fingerprint density at radius 3 is 2.71 bits per heavy atom. The molecule has 0 fully saturated rings. The first-order valence-corrected chi connectivity index (χ1v) is 7.73. The van der Waals surface area contributed by atoms with Crippen molar-refractivity contribution in [3.63, 3.8) is 0 Å². The maximum absolute atomic E-state index is 11.7. The normalized spacial score (nSPS) is 11.7. The summed E-state index contributed by atoms with van der Waals surface area (Å²) >= 11 is 1.37. The van der Waals surface area contributed by atoms with Crippen LogP contribution in [0.1, 0.15) is 42.3 Å². The van der Waals surface area contributed by atoms with Crippen molar-refractivity contribution in [2.75, 3.05) is 6.54 Å². The van der Waals surface area contributed by atoms with Gasteiger partial charge in [-0.3, -0.25) is 14.4 Å². The number of rotatable bonds is 9. The lowest BCUT2D eigenvalue weighted by molar-refractivity contribution is -0.137. The van der Waals surface area contributed by atoms with Crippen molar-refractivity contribution >= 4 is 29.1 Å². The maximum atomic E-state index is 11.7. The van der Waals surface area contributed by atoms with E-state index in [0.29, 0.717) is 24.3 Å². The highest BCUT2D eigenvalue weighted by atomic mass is 32.1. The van der Waals surface area contributed by atoms with Gasteiger partial charge in [0.2, 0.25) is 5.91 Å². The molecule has 1 unspecified atom stereocenters. The Balaban J connectivity index is 2.18. The van der Waals surface area contributed by atoms with Gasteiger partial charge >= 0.3 is 5.97 Å². The van der Waals surface area contributed by atoms with Gasteiger partial charge in [0.1, 0.15) is 0 Å². The minimum absolute atomic E-state index is 0.0721. The second kappa shape index (κ2) is 9.12. The van der Waals surface area contributed by atoms with Crippen LogP contribution in [0.25, 0.3) is 0 Å². The Labute approximate surface area is 127 Å². The van der Waals surface area contributed by atoms with E-state index >= 15 is 0 Å². The smallest absolute Gasteiger partial charge is 0.305 e. The second-order valence-electron chi connectivity index (χ2n) is 4.61. The number of nitrogens with one attached hydrogen (secondary N) is 2. The molecule has 0 bridgehead atoms. The number of carboxylic acids is 1. The van der Waals surface area contributed by atoms with Crippen molar-refractivity contribution in [3.8, 4) is 0 Å². The lowest BCUT2D eigenvalue weighted by Gasteiger charge is -2.14. The highest BCUT2D eigenvalue weighted by Gasteiger charge is 2.13. The molecule has 7 heteroatoms. The van der Waals surface area contributed by atoms with E-state index in [0.717, 1.165) is 0 Å². The van der Waals surface area contributed by atoms with E-state index < -0.39 is 5.97 Å². The van der Waals surface area contributed by atoms with Gasteiger partial charge in [0.15, 0.2) is 0 Å². The van der Waals surface area contributed by atoms with Crippen LogP contribution in [0.15, 0.2) is 17.5 Å². The third-order valence-electron chi connectivity index (χ3n) is 2.89. The number of hydrogen-bond acceptors (Lipinski definition) is 4. The molecule has 1 rings (SSSR count). The van der Waals surface area contributed by atoms with Crippen molar-refractivity contribution in [1.82, 2.24) is 10.6 Å². The monoisotopic (exact) mass is 312 g/mol. The molecular formula is C14H20N2O4S. The quantitative estimate of drug-likeness (QED) is 0.604. The van der Waals surface area contributed by atoms with Crippen molar-refractivity contribution in [2.24, 2.45) is 0 Å². The third kappa shape index (κ3) is 6.89. The van der Waals surface area contributed by atoms with Crippen LogP contribution in [0.4, 0.5) is 0 Å². The van der Waals surface area contributed by atoms with E-state index in [-0.39, 0.29) is 30.7 Å². The van der Waals surface area contributed by atoms with Crippen molar-refractivity contribution in [2.45, 2.75) is 38.6 Å². The zero-order valence-electron chi connectivity index (χ0n) is 11.9. The molecule has 0 aliphatic carbocycles. The molecule has 0 spiro atoms. The van der Waals surface area contributed by atoms with Crippen LogP contribution in [-0.2, 0) is 9.59 Å². The molecule has 2 amide bonds. The van der Waals surface area contributed by atoms with Gasteiger partial charge in [-0.25, -0.2) is 0 Å². The van der Waals surface area contributed by atoms with E-state index in [1.165, 1.54) is 11.3 Å². The first-order valence-electron chi connectivity index (χ1n) is 6.85. The van der Waals surface area contributed by atoms with Crippen LogP contribution in [0.3, 0.4) is 0 Å². The zero-order chi connectivity index (χ0) is 15.7. The predicted octanol–water partition coefficient (Wildman–Crippen LogP) is 1.63. The molecule has 1 aromatic heterocycles. The fourth-order valence-corrected chi connectivity index (χ4v) is 2.39. The third-order valence-corrected chi connectivity index (χ3v) is 3.76. The van der Waals surface area contributed by atoms with Crippen LogP contribution < -0.4 is 10.6 Å². The SMILES string of the molecule is CCC(CC(=O)O)NC(=O)CCCNC(=O)c1cccs1. The van der Waals surface area contributed by atoms with Crippen LogP contribution >= 0.6 is 11.3 Å². The average Bonchev–Trinajstić information content (AvgIpc) is 2.96. The lowest BCUT2D eigenvalue weighted by atomic mass is 10.1. The van der Waals surface area contributed by atoms with Crippen molar-refractivity contribution < 1.29 is 19.5 Å². The first-order chi connectivity index (χ1) is 10.0. The molecule has 0 saturated heterocycles. The fourth-order valence-electron chi connectivity index (χ4n) is 1.75. The topological polar surface area (TPSA) is 95.5 Å². The molecule has 0 aliphatic heterocycles. The number of amides is 2. The van der Waals surface area contributed by atoms with E-state index in [1.807, 2.05) is 12.3 Å². The molecule has 1 aromatic rings. The molecule has 0 radical (unpaired) electrons. The summed E-state index contributed by atoms with van der Waals surface area (Å²) in [5, 5.41) is 15.9. The Hall–Kier alpha value is -1.89. The summed E-state index contributed by atoms with van der Waals surface area (Å²) in [5.41, 5.74) is 0. The van der Waals surface area contributed by atoms with Crippen LogP contribution in [0, 0.1) is 0 Å². The van der Waals surface area contributed by atoms with E-state index in [4.69, 9.17) is 5.11 Å². The molecule has 0 aromatic carbocycles. The van der Waals surface area contributed by atoms with Crippen LogP contribution in [-0.4, -0.2) is 35.5 Å². The summed E-state index contributed by atoms with van der Waals surface area (Å²) in [6.07, 6.45) is 1.29. The Morgan fingerprint density at radius 2 is 2.14 bits per heavy atom. The summed E-state index contributed by atoms with van der Waals surface area (Å²) in [4.78, 5) is 34.5. The largest absolute Gasteiger partial charge is 0.481 e. The number of carboxylic acid groups (broad SMARTS) is 1. The van der Waals surface area contributed by atoms with Crippen LogP contribution in [0.2, 0.25) is 0 Å². The summed E-state index contributed by atoms with van der Waals surface area (Å²) in [5.74, 6) is -1.25. The average molecular weight is 312 g/mol. The molecule has 1 heterocycles. The van der Waals surface area contributed by atoms with Gasteiger partial charge in [-0.05, 0) is 24.3 Å². The van der Waals surface area contributed by atoms with Gasteiger partial charge in [-0.15, -0.1) is 11.3 Å². The molecule has 6 nitrogen and oxygen atoms in total. The van der Waals surface area contributed by atoms with Gasteiger partial charge in [-0.1, -0.05) is 13.0 Å². The lowest BCUT2D eigenvalue weighted by Crippen LogP contribution is -2.36.